The molecule has 0 saturated heterocycles. The molecule has 0 bridgehead atoms. The van der Waals surface area contributed by atoms with Crippen LogP contribution in [0.5, 0.6) is 5.75 Å². The molecule has 3 rings (SSSR count). The van der Waals surface area contributed by atoms with E-state index in [0.29, 0.717) is 12.5 Å². The van der Waals surface area contributed by atoms with Gasteiger partial charge in [-0.05, 0) is 36.6 Å². The lowest BCUT2D eigenvalue weighted by atomic mass is 10.1. The molecule has 0 amide bonds. The second-order valence-electron chi connectivity index (χ2n) is 6.09. The first-order valence-electron chi connectivity index (χ1n) is 8.73. The van der Waals surface area contributed by atoms with E-state index in [9.17, 15) is 0 Å². The molecule has 0 radical (unpaired) electrons. The Hall–Kier alpha value is -3.08. The first kappa shape index (κ1) is 17.7. The zero-order valence-corrected chi connectivity index (χ0v) is 15.2. The van der Waals surface area contributed by atoms with Gasteiger partial charge >= 0.3 is 0 Å². The molecular weight excluding hydrogens is 324 g/mol. The number of anilines is 2. The molecule has 5 nitrogen and oxygen atoms in total. The molecule has 0 saturated carbocycles. The Labute approximate surface area is 154 Å². The molecule has 3 aromatic rings. The molecule has 0 fully saturated rings. The quantitative estimate of drug-likeness (QED) is 0.643. The lowest BCUT2D eigenvalue weighted by molar-refractivity contribution is 0.414. The summed E-state index contributed by atoms with van der Waals surface area (Å²) in [4.78, 5) is 9.01. The highest BCUT2D eigenvalue weighted by atomic mass is 16.5. The van der Waals surface area contributed by atoms with Crippen molar-refractivity contribution in [3.05, 3.63) is 77.5 Å². The van der Waals surface area contributed by atoms with Crippen molar-refractivity contribution < 1.29 is 4.74 Å². The third-order valence-corrected chi connectivity index (χ3v) is 4.00. The number of nitrogens with one attached hydrogen (secondary N) is 2. The maximum Gasteiger partial charge on any atom is 0.225 e. The summed E-state index contributed by atoms with van der Waals surface area (Å²) in [5, 5.41) is 6.66. The highest BCUT2D eigenvalue weighted by Crippen LogP contribution is 2.14. The van der Waals surface area contributed by atoms with Crippen LogP contribution in [0, 0.1) is 6.92 Å². The Bertz CT molecular complexity index is 836. The van der Waals surface area contributed by atoms with Crippen molar-refractivity contribution >= 4 is 11.8 Å². The van der Waals surface area contributed by atoms with Crippen LogP contribution in [0.3, 0.4) is 0 Å². The normalized spacial score (nSPS) is 10.4. The number of benzene rings is 2. The molecule has 2 N–H and O–H groups in total. The fourth-order valence-corrected chi connectivity index (χ4v) is 2.68. The Morgan fingerprint density at radius 3 is 2.50 bits per heavy atom. The fourth-order valence-electron chi connectivity index (χ4n) is 2.68. The predicted octanol–water partition coefficient (Wildman–Crippen LogP) is 4.06. The molecule has 1 heterocycles. The lowest BCUT2D eigenvalue weighted by Gasteiger charge is -2.10. The van der Waals surface area contributed by atoms with Gasteiger partial charge in [-0.2, -0.15) is 4.98 Å². The van der Waals surface area contributed by atoms with E-state index in [1.807, 2.05) is 43.3 Å². The number of aryl methyl sites for hydroxylation is 1. The standard InChI is InChI=1S/C21H24N4O/c1-16-13-20(22-12-11-17-9-6-10-19(14-17)26-2)25-21(24-16)23-15-18-7-4-3-5-8-18/h3-10,13-14H,11-12,15H2,1-2H3,(H2,22,23,24,25). The second kappa shape index (κ2) is 8.85. The van der Waals surface area contributed by atoms with E-state index in [2.05, 4.69) is 44.9 Å². The molecule has 0 atom stereocenters. The second-order valence-corrected chi connectivity index (χ2v) is 6.09. The van der Waals surface area contributed by atoms with Gasteiger partial charge in [-0.3, -0.25) is 0 Å². The van der Waals surface area contributed by atoms with Gasteiger partial charge in [0.15, 0.2) is 0 Å². The van der Waals surface area contributed by atoms with Crippen LogP contribution in [0.15, 0.2) is 60.7 Å². The summed E-state index contributed by atoms with van der Waals surface area (Å²) < 4.78 is 5.26. The van der Waals surface area contributed by atoms with Crippen molar-refractivity contribution in [2.75, 3.05) is 24.3 Å². The van der Waals surface area contributed by atoms with Crippen LogP contribution in [-0.2, 0) is 13.0 Å². The largest absolute Gasteiger partial charge is 0.497 e. The van der Waals surface area contributed by atoms with Gasteiger partial charge in [0.25, 0.3) is 0 Å². The summed E-state index contributed by atoms with van der Waals surface area (Å²) in [5.41, 5.74) is 3.36. The Morgan fingerprint density at radius 1 is 0.885 bits per heavy atom. The minimum absolute atomic E-state index is 0.637. The molecule has 26 heavy (non-hydrogen) atoms. The maximum absolute atomic E-state index is 5.26. The summed E-state index contributed by atoms with van der Waals surface area (Å²) in [5.74, 6) is 2.35. The molecular formula is C21H24N4O. The minimum Gasteiger partial charge on any atom is -0.497 e. The van der Waals surface area contributed by atoms with E-state index in [4.69, 9.17) is 4.74 Å². The Morgan fingerprint density at radius 2 is 1.69 bits per heavy atom. The van der Waals surface area contributed by atoms with Gasteiger partial charge < -0.3 is 15.4 Å². The van der Waals surface area contributed by atoms with E-state index >= 15 is 0 Å². The van der Waals surface area contributed by atoms with Crippen molar-refractivity contribution in [2.45, 2.75) is 19.9 Å². The smallest absolute Gasteiger partial charge is 0.225 e. The lowest BCUT2D eigenvalue weighted by Crippen LogP contribution is -2.10. The van der Waals surface area contributed by atoms with Gasteiger partial charge in [-0.25, -0.2) is 4.98 Å². The number of nitrogens with zero attached hydrogens (tertiary/aromatic N) is 2. The molecule has 0 aliphatic rings. The van der Waals surface area contributed by atoms with Crippen molar-refractivity contribution in [3.8, 4) is 5.75 Å². The van der Waals surface area contributed by atoms with Crippen LogP contribution < -0.4 is 15.4 Å². The number of rotatable bonds is 8. The summed E-state index contributed by atoms with van der Waals surface area (Å²) in [6, 6.07) is 20.3. The number of ether oxygens (including phenoxy) is 1. The van der Waals surface area contributed by atoms with Gasteiger partial charge in [0.2, 0.25) is 5.95 Å². The highest BCUT2D eigenvalue weighted by Gasteiger charge is 2.03. The topological polar surface area (TPSA) is 59.1 Å². The van der Waals surface area contributed by atoms with Gasteiger partial charge in [0, 0.05) is 24.8 Å². The molecule has 0 unspecified atom stereocenters. The molecule has 0 aliphatic carbocycles. The third kappa shape index (κ3) is 5.21. The van der Waals surface area contributed by atoms with E-state index in [-0.39, 0.29) is 0 Å². The first-order valence-corrected chi connectivity index (χ1v) is 8.73. The monoisotopic (exact) mass is 348 g/mol. The van der Waals surface area contributed by atoms with Gasteiger partial charge in [0.1, 0.15) is 11.6 Å². The summed E-state index contributed by atoms with van der Waals surface area (Å²) in [6.45, 7) is 3.47. The predicted molar refractivity (Wildman–Crippen MR) is 106 cm³/mol. The molecule has 5 heteroatoms. The van der Waals surface area contributed by atoms with Crippen LogP contribution in [0.2, 0.25) is 0 Å². The maximum atomic E-state index is 5.26. The fraction of sp³-hybridized carbons (Fsp3) is 0.238. The molecule has 1 aromatic heterocycles. The molecule has 134 valence electrons. The van der Waals surface area contributed by atoms with Gasteiger partial charge in [-0.1, -0.05) is 42.5 Å². The Kier molecular flexibility index (Phi) is 6.04. The summed E-state index contributed by atoms with van der Waals surface area (Å²) in [7, 11) is 1.69. The average molecular weight is 348 g/mol. The van der Waals surface area contributed by atoms with Crippen molar-refractivity contribution in [1.82, 2.24) is 9.97 Å². The zero-order chi connectivity index (χ0) is 18.2. The highest BCUT2D eigenvalue weighted by molar-refractivity contribution is 5.42. The van der Waals surface area contributed by atoms with E-state index in [0.717, 1.165) is 30.2 Å². The van der Waals surface area contributed by atoms with Crippen molar-refractivity contribution in [2.24, 2.45) is 0 Å². The van der Waals surface area contributed by atoms with Crippen LogP contribution in [0.1, 0.15) is 16.8 Å². The molecule has 0 aliphatic heterocycles. The Balaban J connectivity index is 1.56. The zero-order valence-electron chi connectivity index (χ0n) is 15.2. The SMILES string of the molecule is COc1cccc(CCNc2cc(C)nc(NCc3ccccc3)n2)c1. The van der Waals surface area contributed by atoms with E-state index in [1.54, 1.807) is 7.11 Å². The van der Waals surface area contributed by atoms with Gasteiger partial charge in [-0.15, -0.1) is 0 Å². The number of hydrogen-bond donors (Lipinski definition) is 2. The number of methoxy groups -OCH3 is 1. The molecule has 2 aromatic carbocycles. The van der Waals surface area contributed by atoms with Crippen molar-refractivity contribution in [3.63, 3.8) is 0 Å². The van der Waals surface area contributed by atoms with E-state index in [1.165, 1.54) is 11.1 Å². The summed E-state index contributed by atoms with van der Waals surface area (Å²) in [6.07, 6.45) is 0.896. The first-order chi connectivity index (χ1) is 12.7. The number of hydrogen-bond acceptors (Lipinski definition) is 5. The average Bonchev–Trinajstić information content (AvgIpc) is 2.67. The van der Waals surface area contributed by atoms with Crippen LogP contribution in [0.4, 0.5) is 11.8 Å². The van der Waals surface area contributed by atoms with Crippen molar-refractivity contribution in [1.29, 1.82) is 0 Å². The van der Waals surface area contributed by atoms with E-state index < -0.39 is 0 Å². The number of aromatic nitrogens is 2. The minimum atomic E-state index is 0.637. The van der Waals surface area contributed by atoms with Crippen LogP contribution in [0.25, 0.3) is 0 Å². The van der Waals surface area contributed by atoms with Crippen LogP contribution in [-0.4, -0.2) is 23.6 Å². The molecule has 0 spiro atoms. The summed E-state index contributed by atoms with van der Waals surface area (Å²) >= 11 is 0. The third-order valence-electron chi connectivity index (χ3n) is 4.00. The van der Waals surface area contributed by atoms with Gasteiger partial charge in [0.05, 0.1) is 7.11 Å². The van der Waals surface area contributed by atoms with Crippen LogP contribution >= 0.6 is 0 Å².